The highest BCUT2D eigenvalue weighted by Gasteiger charge is 2.12. The topological polar surface area (TPSA) is 41.1 Å². The van der Waals surface area contributed by atoms with Gasteiger partial charge in [0.25, 0.3) is 5.91 Å². The zero-order chi connectivity index (χ0) is 13.8. The van der Waals surface area contributed by atoms with Crippen molar-refractivity contribution in [2.45, 2.75) is 0 Å². The van der Waals surface area contributed by atoms with Gasteiger partial charge < -0.3 is 10.6 Å². The van der Waals surface area contributed by atoms with Gasteiger partial charge in [0.2, 0.25) is 0 Å². The van der Waals surface area contributed by atoms with E-state index in [9.17, 15) is 4.79 Å². The van der Waals surface area contributed by atoms with Crippen LogP contribution in [0.2, 0.25) is 10.0 Å². The van der Waals surface area contributed by atoms with Crippen molar-refractivity contribution in [1.82, 2.24) is 0 Å². The molecule has 0 spiro atoms. The molecule has 0 atom stereocenters. The van der Waals surface area contributed by atoms with Crippen LogP contribution in [0, 0.1) is 0 Å². The maximum atomic E-state index is 12.2. The number of rotatable bonds is 3. The summed E-state index contributed by atoms with van der Waals surface area (Å²) in [6.45, 7) is 0. The van der Waals surface area contributed by atoms with Gasteiger partial charge in [0, 0.05) is 12.7 Å². The standard InChI is InChI=1S/C14H12Cl2N2O/c1-17-11-7-3-2-5-9(11)14(19)18-12-8-4-6-10(15)13(12)16/h2-8,17H,1H3,(H,18,19). The fourth-order valence-electron chi connectivity index (χ4n) is 1.69. The second kappa shape index (κ2) is 5.95. The number of carbonyl (C=O) groups excluding carboxylic acids is 1. The van der Waals surface area contributed by atoms with Crippen molar-refractivity contribution in [2.24, 2.45) is 0 Å². The van der Waals surface area contributed by atoms with Crippen LogP contribution < -0.4 is 10.6 Å². The van der Waals surface area contributed by atoms with Gasteiger partial charge in [-0.3, -0.25) is 4.79 Å². The van der Waals surface area contributed by atoms with E-state index in [1.807, 2.05) is 12.1 Å². The molecule has 0 aliphatic rings. The van der Waals surface area contributed by atoms with Crippen LogP contribution in [0.1, 0.15) is 10.4 Å². The van der Waals surface area contributed by atoms with Crippen molar-refractivity contribution < 1.29 is 4.79 Å². The SMILES string of the molecule is CNc1ccccc1C(=O)Nc1cccc(Cl)c1Cl. The Bertz CT molecular complexity index is 614. The summed E-state index contributed by atoms with van der Waals surface area (Å²) in [5.41, 5.74) is 1.78. The van der Waals surface area contributed by atoms with Gasteiger partial charge in [-0.15, -0.1) is 0 Å². The Morgan fingerprint density at radius 2 is 1.68 bits per heavy atom. The van der Waals surface area contributed by atoms with Crippen LogP contribution in [-0.4, -0.2) is 13.0 Å². The number of hydrogen-bond acceptors (Lipinski definition) is 2. The molecule has 0 heterocycles. The van der Waals surface area contributed by atoms with Crippen molar-refractivity contribution in [1.29, 1.82) is 0 Å². The van der Waals surface area contributed by atoms with Crippen molar-refractivity contribution in [3.63, 3.8) is 0 Å². The fraction of sp³-hybridized carbons (Fsp3) is 0.0714. The first-order chi connectivity index (χ1) is 9.13. The Morgan fingerprint density at radius 3 is 2.42 bits per heavy atom. The number of nitrogens with one attached hydrogen (secondary N) is 2. The van der Waals surface area contributed by atoms with Gasteiger partial charge in [0.05, 0.1) is 21.3 Å². The van der Waals surface area contributed by atoms with Gasteiger partial charge in [-0.1, -0.05) is 41.4 Å². The van der Waals surface area contributed by atoms with Gasteiger partial charge in [0.15, 0.2) is 0 Å². The van der Waals surface area contributed by atoms with Crippen LogP contribution in [0.4, 0.5) is 11.4 Å². The fourth-order valence-corrected chi connectivity index (χ4v) is 2.04. The minimum atomic E-state index is -0.242. The van der Waals surface area contributed by atoms with E-state index in [4.69, 9.17) is 23.2 Å². The molecular formula is C14H12Cl2N2O. The predicted octanol–water partition coefficient (Wildman–Crippen LogP) is 4.29. The molecule has 0 saturated carbocycles. The van der Waals surface area contributed by atoms with E-state index in [0.717, 1.165) is 5.69 Å². The zero-order valence-corrected chi connectivity index (χ0v) is 11.7. The lowest BCUT2D eigenvalue weighted by atomic mass is 10.1. The van der Waals surface area contributed by atoms with E-state index in [2.05, 4.69) is 10.6 Å². The lowest BCUT2D eigenvalue weighted by molar-refractivity contribution is 0.102. The average Bonchev–Trinajstić information content (AvgIpc) is 2.43. The molecule has 0 unspecified atom stereocenters. The molecule has 5 heteroatoms. The van der Waals surface area contributed by atoms with Crippen LogP contribution in [0.15, 0.2) is 42.5 Å². The molecular weight excluding hydrogens is 283 g/mol. The Hall–Kier alpha value is -1.71. The highest BCUT2D eigenvalue weighted by Crippen LogP contribution is 2.30. The number of halogens is 2. The minimum Gasteiger partial charge on any atom is -0.387 e. The van der Waals surface area contributed by atoms with Crippen LogP contribution in [0.3, 0.4) is 0 Å². The first-order valence-corrected chi connectivity index (χ1v) is 6.41. The van der Waals surface area contributed by atoms with Crippen LogP contribution >= 0.6 is 23.2 Å². The number of carbonyl (C=O) groups is 1. The first-order valence-electron chi connectivity index (χ1n) is 5.65. The Balaban J connectivity index is 2.28. The molecule has 0 aliphatic carbocycles. The lowest BCUT2D eigenvalue weighted by Gasteiger charge is -2.11. The quantitative estimate of drug-likeness (QED) is 0.887. The summed E-state index contributed by atoms with van der Waals surface area (Å²) in [5.74, 6) is -0.242. The average molecular weight is 295 g/mol. The molecule has 2 N–H and O–H groups in total. The molecule has 2 aromatic rings. The van der Waals surface area contributed by atoms with E-state index in [1.54, 1.807) is 37.4 Å². The first kappa shape index (κ1) is 13.7. The van der Waals surface area contributed by atoms with Gasteiger partial charge in [0.1, 0.15) is 0 Å². The van der Waals surface area contributed by atoms with E-state index in [1.165, 1.54) is 0 Å². The predicted molar refractivity (Wildman–Crippen MR) is 80.4 cm³/mol. The van der Waals surface area contributed by atoms with Crippen LogP contribution in [0.5, 0.6) is 0 Å². The highest BCUT2D eigenvalue weighted by atomic mass is 35.5. The minimum absolute atomic E-state index is 0.242. The summed E-state index contributed by atoms with van der Waals surface area (Å²) in [6.07, 6.45) is 0. The number of anilines is 2. The molecule has 3 nitrogen and oxygen atoms in total. The monoisotopic (exact) mass is 294 g/mol. The highest BCUT2D eigenvalue weighted by molar-refractivity contribution is 6.44. The maximum Gasteiger partial charge on any atom is 0.257 e. The van der Waals surface area contributed by atoms with E-state index in [0.29, 0.717) is 21.3 Å². The summed E-state index contributed by atoms with van der Waals surface area (Å²) in [6, 6.07) is 12.3. The molecule has 0 fully saturated rings. The second-order valence-electron chi connectivity index (χ2n) is 3.85. The third-order valence-corrected chi connectivity index (χ3v) is 3.46. The summed E-state index contributed by atoms with van der Waals surface area (Å²) >= 11 is 11.9. The Morgan fingerprint density at radius 1 is 1.00 bits per heavy atom. The van der Waals surface area contributed by atoms with Gasteiger partial charge in [-0.05, 0) is 24.3 Å². The Kier molecular flexibility index (Phi) is 4.30. The largest absolute Gasteiger partial charge is 0.387 e. The number of para-hydroxylation sites is 1. The Labute approximate surface area is 121 Å². The molecule has 0 bridgehead atoms. The van der Waals surface area contributed by atoms with Gasteiger partial charge >= 0.3 is 0 Å². The molecule has 0 aromatic heterocycles. The summed E-state index contributed by atoms with van der Waals surface area (Å²) in [4.78, 5) is 12.2. The smallest absolute Gasteiger partial charge is 0.257 e. The van der Waals surface area contributed by atoms with Crippen LogP contribution in [-0.2, 0) is 0 Å². The molecule has 0 saturated heterocycles. The molecule has 0 radical (unpaired) electrons. The molecule has 0 aliphatic heterocycles. The summed E-state index contributed by atoms with van der Waals surface area (Å²) in [5, 5.41) is 6.45. The maximum absolute atomic E-state index is 12.2. The summed E-state index contributed by atoms with van der Waals surface area (Å²) < 4.78 is 0. The second-order valence-corrected chi connectivity index (χ2v) is 4.64. The number of benzene rings is 2. The van der Waals surface area contributed by atoms with Crippen molar-refractivity contribution in [3.05, 3.63) is 58.1 Å². The van der Waals surface area contributed by atoms with Crippen LogP contribution in [0.25, 0.3) is 0 Å². The number of amides is 1. The van der Waals surface area contributed by atoms with Crippen molar-refractivity contribution >= 4 is 40.5 Å². The normalized spacial score (nSPS) is 10.1. The zero-order valence-electron chi connectivity index (χ0n) is 10.2. The van der Waals surface area contributed by atoms with Crippen molar-refractivity contribution in [3.8, 4) is 0 Å². The van der Waals surface area contributed by atoms with Crippen molar-refractivity contribution in [2.75, 3.05) is 17.7 Å². The van der Waals surface area contributed by atoms with Gasteiger partial charge in [-0.25, -0.2) is 0 Å². The molecule has 2 rings (SSSR count). The molecule has 19 heavy (non-hydrogen) atoms. The molecule has 98 valence electrons. The van der Waals surface area contributed by atoms with Gasteiger partial charge in [-0.2, -0.15) is 0 Å². The van der Waals surface area contributed by atoms with E-state index >= 15 is 0 Å². The van der Waals surface area contributed by atoms with E-state index < -0.39 is 0 Å². The molecule has 1 amide bonds. The van der Waals surface area contributed by atoms with E-state index in [-0.39, 0.29) is 5.91 Å². The lowest BCUT2D eigenvalue weighted by Crippen LogP contribution is -2.14. The third-order valence-electron chi connectivity index (χ3n) is 2.64. The number of hydrogen-bond donors (Lipinski definition) is 2. The third kappa shape index (κ3) is 3.00. The summed E-state index contributed by atoms with van der Waals surface area (Å²) in [7, 11) is 1.76. The molecule has 2 aromatic carbocycles.